The lowest BCUT2D eigenvalue weighted by atomic mass is 9.94. The Labute approximate surface area is 120 Å². The molecule has 0 saturated heterocycles. The van der Waals surface area contributed by atoms with Gasteiger partial charge in [-0.1, -0.05) is 36.4 Å². The number of aliphatic hydroxyl groups excluding tert-OH is 1. The van der Waals surface area contributed by atoms with Gasteiger partial charge in [-0.15, -0.1) is 0 Å². The van der Waals surface area contributed by atoms with Crippen molar-refractivity contribution in [2.45, 2.75) is 31.8 Å². The van der Waals surface area contributed by atoms with E-state index in [1.807, 2.05) is 43.3 Å². The van der Waals surface area contributed by atoms with Gasteiger partial charge in [-0.2, -0.15) is 0 Å². The fourth-order valence-electron chi connectivity index (χ4n) is 2.65. The average molecular weight is 268 g/mol. The molecule has 0 bridgehead atoms. The van der Waals surface area contributed by atoms with Crippen LogP contribution in [0.5, 0.6) is 5.75 Å². The molecule has 0 radical (unpaired) electrons. The van der Waals surface area contributed by atoms with Crippen molar-refractivity contribution in [2.75, 3.05) is 6.61 Å². The molecule has 0 heterocycles. The lowest BCUT2D eigenvalue weighted by molar-refractivity contribution is 0.218. The van der Waals surface area contributed by atoms with Gasteiger partial charge in [0.25, 0.3) is 0 Å². The second-order valence-electron chi connectivity index (χ2n) is 5.31. The van der Waals surface area contributed by atoms with Gasteiger partial charge in [0, 0.05) is 0 Å². The van der Waals surface area contributed by atoms with Gasteiger partial charge in [-0.25, -0.2) is 0 Å². The van der Waals surface area contributed by atoms with E-state index in [0.29, 0.717) is 12.5 Å². The van der Waals surface area contributed by atoms with Gasteiger partial charge >= 0.3 is 0 Å². The van der Waals surface area contributed by atoms with Crippen LogP contribution < -0.4 is 4.74 Å². The molecule has 2 nitrogen and oxygen atoms in total. The number of benzene rings is 2. The van der Waals surface area contributed by atoms with Crippen LogP contribution in [0.15, 0.2) is 48.5 Å². The molecule has 1 aliphatic carbocycles. The number of ether oxygens (including phenoxy) is 1. The summed E-state index contributed by atoms with van der Waals surface area (Å²) in [6, 6.07) is 16.0. The lowest BCUT2D eigenvalue weighted by Crippen LogP contribution is -2.04. The molecular weight excluding hydrogens is 248 g/mol. The topological polar surface area (TPSA) is 29.5 Å². The molecule has 2 aromatic rings. The summed E-state index contributed by atoms with van der Waals surface area (Å²) in [6.45, 7) is 2.60. The van der Waals surface area contributed by atoms with E-state index in [4.69, 9.17) is 4.74 Å². The summed E-state index contributed by atoms with van der Waals surface area (Å²) >= 11 is 0. The van der Waals surface area contributed by atoms with E-state index in [0.717, 1.165) is 16.9 Å². The Morgan fingerprint density at radius 3 is 2.70 bits per heavy atom. The standard InChI is InChI=1S/C18H20O2/c1-2-20-15-7-5-6-14(12-15)18(19)17-9-4-3-8-16(17)13-10-11-13/h3-9,12-13,18-19H,2,10-11H2,1H3. The molecule has 2 heteroatoms. The highest BCUT2D eigenvalue weighted by Gasteiger charge is 2.28. The molecule has 0 aromatic heterocycles. The van der Waals surface area contributed by atoms with Crippen LogP contribution in [0, 0.1) is 0 Å². The van der Waals surface area contributed by atoms with Crippen molar-refractivity contribution in [3.63, 3.8) is 0 Å². The Morgan fingerprint density at radius 2 is 1.95 bits per heavy atom. The summed E-state index contributed by atoms with van der Waals surface area (Å²) < 4.78 is 5.51. The SMILES string of the molecule is CCOc1cccc(C(O)c2ccccc2C2CC2)c1. The van der Waals surface area contributed by atoms with Crippen LogP contribution >= 0.6 is 0 Å². The van der Waals surface area contributed by atoms with Crippen molar-refractivity contribution < 1.29 is 9.84 Å². The van der Waals surface area contributed by atoms with E-state index in [1.165, 1.54) is 18.4 Å². The zero-order valence-corrected chi connectivity index (χ0v) is 11.8. The molecule has 1 unspecified atom stereocenters. The first-order chi connectivity index (χ1) is 9.79. The first kappa shape index (κ1) is 13.2. The van der Waals surface area contributed by atoms with Gasteiger partial charge in [0.05, 0.1) is 6.61 Å². The minimum Gasteiger partial charge on any atom is -0.494 e. The van der Waals surface area contributed by atoms with Crippen molar-refractivity contribution in [1.29, 1.82) is 0 Å². The first-order valence-electron chi connectivity index (χ1n) is 7.29. The maximum Gasteiger partial charge on any atom is 0.119 e. The minimum atomic E-state index is -0.577. The predicted octanol–water partition coefficient (Wildman–Crippen LogP) is 4.04. The zero-order chi connectivity index (χ0) is 13.9. The van der Waals surface area contributed by atoms with E-state index < -0.39 is 6.10 Å². The normalized spacial score (nSPS) is 15.9. The molecule has 1 fully saturated rings. The highest BCUT2D eigenvalue weighted by molar-refractivity contribution is 5.41. The van der Waals surface area contributed by atoms with Gasteiger partial charge in [0.2, 0.25) is 0 Å². The highest BCUT2D eigenvalue weighted by Crippen LogP contribution is 2.43. The van der Waals surface area contributed by atoms with Crippen LogP contribution in [0.25, 0.3) is 0 Å². The second-order valence-corrected chi connectivity index (χ2v) is 5.31. The van der Waals surface area contributed by atoms with Crippen LogP contribution in [0.1, 0.15) is 48.5 Å². The number of hydrogen-bond acceptors (Lipinski definition) is 2. The molecule has 2 aromatic carbocycles. The van der Waals surface area contributed by atoms with Crippen LogP contribution in [0.3, 0.4) is 0 Å². The fraction of sp³-hybridized carbons (Fsp3) is 0.333. The maximum absolute atomic E-state index is 10.7. The molecule has 104 valence electrons. The monoisotopic (exact) mass is 268 g/mol. The van der Waals surface area contributed by atoms with Gasteiger partial charge in [-0.3, -0.25) is 0 Å². The molecule has 1 N–H and O–H groups in total. The molecule has 3 rings (SSSR count). The van der Waals surface area contributed by atoms with Crippen LogP contribution in [-0.4, -0.2) is 11.7 Å². The number of hydrogen-bond donors (Lipinski definition) is 1. The fourth-order valence-corrected chi connectivity index (χ4v) is 2.65. The van der Waals surface area contributed by atoms with E-state index >= 15 is 0 Å². The van der Waals surface area contributed by atoms with Crippen molar-refractivity contribution in [1.82, 2.24) is 0 Å². The summed E-state index contributed by atoms with van der Waals surface area (Å²) in [7, 11) is 0. The molecule has 1 aliphatic rings. The summed E-state index contributed by atoms with van der Waals surface area (Å²) in [5.74, 6) is 1.45. The quantitative estimate of drug-likeness (QED) is 0.886. The van der Waals surface area contributed by atoms with Crippen LogP contribution in [0.4, 0.5) is 0 Å². The summed E-state index contributed by atoms with van der Waals surface area (Å²) in [5.41, 5.74) is 3.22. The third kappa shape index (κ3) is 2.70. The Morgan fingerprint density at radius 1 is 1.15 bits per heavy atom. The molecular formula is C18H20O2. The molecule has 0 spiro atoms. The summed E-state index contributed by atoms with van der Waals surface area (Å²) in [5, 5.41) is 10.7. The van der Waals surface area contributed by atoms with E-state index in [-0.39, 0.29) is 0 Å². The Hall–Kier alpha value is -1.80. The third-order valence-electron chi connectivity index (χ3n) is 3.79. The third-order valence-corrected chi connectivity index (χ3v) is 3.79. The molecule has 0 amide bonds. The van der Waals surface area contributed by atoms with Crippen LogP contribution in [-0.2, 0) is 0 Å². The Kier molecular flexibility index (Phi) is 3.75. The van der Waals surface area contributed by atoms with Gasteiger partial charge < -0.3 is 9.84 Å². The van der Waals surface area contributed by atoms with Crippen molar-refractivity contribution in [3.8, 4) is 5.75 Å². The summed E-state index contributed by atoms with van der Waals surface area (Å²) in [4.78, 5) is 0. The number of rotatable bonds is 5. The van der Waals surface area contributed by atoms with Gasteiger partial charge in [-0.05, 0) is 54.5 Å². The predicted molar refractivity (Wildman–Crippen MR) is 80.1 cm³/mol. The van der Waals surface area contributed by atoms with Gasteiger partial charge in [0.1, 0.15) is 11.9 Å². The van der Waals surface area contributed by atoms with E-state index in [2.05, 4.69) is 12.1 Å². The zero-order valence-electron chi connectivity index (χ0n) is 11.8. The minimum absolute atomic E-state index is 0.577. The Bertz CT molecular complexity index is 587. The smallest absolute Gasteiger partial charge is 0.119 e. The van der Waals surface area contributed by atoms with Crippen molar-refractivity contribution >= 4 is 0 Å². The highest BCUT2D eigenvalue weighted by atomic mass is 16.5. The summed E-state index contributed by atoms with van der Waals surface area (Å²) in [6.07, 6.45) is 1.90. The number of aliphatic hydroxyl groups is 1. The first-order valence-corrected chi connectivity index (χ1v) is 7.29. The van der Waals surface area contributed by atoms with Gasteiger partial charge in [0.15, 0.2) is 0 Å². The molecule has 1 saturated carbocycles. The van der Waals surface area contributed by atoms with Crippen molar-refractivity contribution in [2.24, 2.45) is 0 Å². The molecule has 0 aliphatic heterocycles. The maximum atomic E-state index is 10.7. The Balaban J connectivity index is 1.92. The largest absolute Gasteiger partial charge is 0.494 e. The lowest BCUT2D eigenvalue weighted by Gasteiger charge is -2.16. The molecule has 20 heavy (non-hydrogen) atoms. The second kappa shape index (κ2) is 5.68. The van der Waals surface area contributed by atoms with E-state index in [9.17, 15) is 5.11 Å². The van der Waals surface area contributed by atoms with Crippen molar-refractivity contribution in [3.05, 3.63) is 65.2 Å². The average Bonchev–Trinajstić information content (AvgIpc) is 3.32. The van der Waals surface area contributed by atoms with Crippen LogP contribution in [0.2, 0.25) is 0 Å². The van der Waals surface area contributed by atoms with E-state index in [1.54, 1.807) is 0 Å². The molecule has 1 atom stereocenters.